The molecule has 1 aliphatic heterocycles. The van der Waals surface area contributed by atoms with Crippen molar-refractivity contribution in [1.29, 1.82) is 0 Å². The first-order chi connectivity index (χ1) is 12.5. The van der Waals surface area contributed by atoms with Crippen LogP contribution in [0.25, 0.3) is 16.7 Å². The van der Waals surface area contributed by atoms with Gasteiger partial charge in [-0.1, -0.05) is 0 Å². The number of carbonyl (C=O) groups is 1. The van der Waals surface area contributed by atoms with Crippen molar-refractivity contribution in [2.24, 2.45) is 5.92 Å². The number of carboxylic acid groups (broad SMARTS) is 1. The Labute approximate surface area is 146 Å². The summed E-state index contributed by atoms with van der Waals surface area (Å²) in [5.74, 6) is -1.30. The van der Waals surface area contributed by atoms with Crippen molar-refractivity contribution >= 4 is 22.8 Å². The molecule has 0 radical (unpaired) electrons. The van der Waals surface area contributed by atoms with Crippen molar-refractivity contribution in [3.05, 3.63) is 46.8 Å². The van der Waals surface area contributed by atoms with Gasteiger partial charge in [-0.2, -0.15) is 4.68 Å². The largest absolute Gasteiger partial charge is 0.481 e. The van der Waals surface area contributed by atoms with Crippen LogP contribution in [-0.2, 0) is 4.79 Å². The van der Waals surface area contributed by atoms with Gasteiger partial charge in [-0.3, -0.25) is 9.59 Å². The van der Waals surface area contributed by atoms with Crippen LogP contribution in [0.5, 0.6) is 0 Å². The molecule has 0 bridgehead atoms. The smallest absolute Gasteiger partial charge is 0.308 e. The van der Waals surface area contributed by atoms with Crippen LogP contribution in [0.3, 0.4) is 0 Å². The third-order valence-electron chi connectivity index (χ3n) is 4.58. The number of rotatable bonds is 3. The van der Waals surface area contributed by atoms with Crippen molar-refractivity contribution < 1.29 is 14.3 Å². The van der Waals surface area contributed by atoms with Gasteiger partial charge in [0, 0.05) is 30.7 Å². The minimum Gasteiger partial charge on any atom is -0.481 e. The highest BCUT2D eigenvalue weighted by Crippen LogP contribution is 2.23. The molecule has 1 aliphatic rings. The van der Waals surface area contributed by atoms with Crippen LogP contribution in [-0.4, -0.2) is 43.9 Å². The van der Waals surface area contributed by atoms with Gasteiger partial charge in [-0.05, 0) is 25.0 Å². The van der Waals surface area contributed by atoms with E-state index < -0.39 is 17.7 Å². The quantitative estimate of drug-likeness (QED) is 0.737. The number of aliphatic carboxylic acids is 1. The molecule has 1 fully saturated rings. The van der Waals surface area contributed by atoms with E-state index in [1.807, 2.05) is 4.90 Å². The second-order valence-electron chi connectivity index (χ2n) is 6.29. The molecule has 2 N–H and O–H groups in total. The fraction of sp³-hybridized carbons (Fsp3) is 0.294. The van der Waals surface area contributed by atoms with Crippen molar-refractivity contribution in [2.45, 2.75) is 12.8 Å². The van der Waals surface area contributed by atoms with Gasteiger partial charge in [0.05, 0.1) is 17.8 Å². The molecule has 1 saturated heterocycles. The van der Waals surface area contributed by atoms with Crippen LogP contribution in [0.2, 0.25) is 0 Å². The molecule has 0 aromatic carbocycles. The number of carboxylic acids is 1. The van der Waals surface area contributed by atoms with Gasteiger partial charge in [0.25, 0.3) is 5.56 Å². The maximum atomic E-state index is 13.6. The second-order valence-corrected chi connectivity index (χ2v) is 6.29. The van der Waals surface area contributed by atoms with E-state index in [-0.39, 0.29) is 5.56 Å². The van der Waals surface area contributed by atoms with Gasteiger partial charge >= 0.3 is 5.97 Å². The van der Waals surface area contributed by atoms with Crippen LogP contribution in [0.4, 0.5) is 10.2 Å². The maximum absolute atomic E-state index is 13.6. The van der Waals surface area contributed by atoms with E-state index in [0.29, 0.717) is 42.0 Å². The van der Waals surface area contributed by atoms with E-state index in [4.69, 9.17) is 0 Å². The average Bonchev–Trinajstić information content (AvgIpc) is 3.05. The molecule has 0 aliphatic carbocycles. The summed E-state index contributed by atoms with van der Waals surface area (Å²) >= 11 is 0. The first-order valence-electron chi connectivity index (χ1n) is 8.24. The zero-order valence-corrected chi connectivity index (χ0v) is 13.7. The molecule has 0 spiro atoms. The Morgan fingerprint density at radius 2 is 2.23 bits per heavy atom. The summed E-state index contributed by atoms with van der Waals surface area (Å²) in [6, 6.07) is 4.24. The van der Waals surface area contributed by atoms with Crippen molar-refractivity contribution in [1.82, 2.24) is 19.7 Å². The minimum atomic E-state index is -0.832. The lowest BCUT2D eigenvalue weighted by Crippen LogP contribution is -2.40. The summed E-state index contributed by atoms with van der Waals surface area (Å²) in [5.41, 5.74) is 0.473. The number of nitrogens with one attached hydrogen (secondary N) is 1. The van der Waals surface area contributed by atoms with E-state index in [2.05, 4.69) is 15.1 Å². The van der Waals surface area contributed by atoms with Gasteiger partial charge in [0.2, 0.25) is 0 Å². The highest BCUT2D eigenvalue weighted by molar-refractivity contribution is 5.85. The lowest BCUT2D eigenvalue weighted by Gasteiger charge is -2.31. The van der Waals surface area contributed by atoms with Gasteiger partial charge in [-0.25, -0.2) is 9.37 Å². The number of halogens is 1. The van der Waals surface area contributed by atoms with Crippen LogP contribution < -0.4 is 10.5 Å². The Morgan fingerprint density at radius 3 is 3.04 bits per heavy atom. The van der Waals surface area contributed by atoms with Crippen molar-refractivity contribution in [3.63, 3.8) is 0 Å². The molecule has 134 valence electrons. The molecule has 9 heteroatoms. The maximum Gasteiger partial charge on any atom is 0.308 e. The highest BCUT2D eigenvalue weighted by atomic mass is 19.1. The lowest BCUT2D eigenvalue weighted by molar-refractivity contribution is -0.141. The number of piperidine rings is 1. The number of H-pyrrole nitrogens is 1. The molecule has 0 saturated carbocycles. The fourth-order valence-corrected chi connectivity index (χ4v) is 3.27. The van der Waals surface area contributed by atoms with Crippen LogP contribution in [0.1, 0.15) is 12.8 Å². The number of hydrogen-bond acceptors (Lipinski definition) is 5. The predicted octanol–water partition coefficient (Wildman–Crippen LogP) is 1.55. The Kier molecular flexibility index (Phi) is 3.90. The van der Waals surface area contributed by atoms with Crippen LogP contribution >= 0.6 is 0 Å². The molecule has 26 heavy (non-hydrogen) atoms. The van der Waals surface area contributed by atoms with Crippen LogP contribution in [0.15, 0.2) is 35.4 Å². The van der Waals surface area contributed by atoms with E-state index in [9.17, 15) is 19.1 Å². The molecule has 8 nitrogen and oxygen atoms in total. The summed E-state index contributed by atoms with van der Waals surface area (Å²) in [5, 5.41) is 14.1. The predicted molar refractivity (Wildman–Crippen MR) is 92.0 cm³/mol. The molecule has 4 heterocycles. The zero-order valence-electron chi connectivity index (χ0n) is 13.7. The lowest BCUT2D eigenvalue weighted by atomic mass is 9.98. The van der Waals surface area contributed by atoms with Crippen molar-refractivity contribution in [2.75, 3.05) is 18.0 Å². The Hall–Kier alpha value is -3.23. The topological polar surface area (TPSA) is 104 Å². The van der Waals surface area contributed by atoms with Gasteiger partial charge < -0.3 is 15.0 Å². The number of pyridine rings is 1. The SMILES string of the molecule is O=C(O)C1CCCN(c2ccc(=O)n(-c3c[nH]c4ncc(F)cc34)n2)C1. The van der Waals surface area contributed by atoms with Gasteiger partial charge in [-0.15, -0.1) is 5.10 Å². The van der Waals surface area contributed by atoms with Gasteiger partial charge in [0.1, 0.15) is 17.3 Å². The summed E-state index contributed by atoms with van der Waals surface area (Å²) < 4.78 is 14.7. The van der Waals surface area contributed by atoms with E-state index >= 15 is 0 Å². The number of hydrogen-bond donors (Lipinski definition) is 2. The highest BCUT2D eigenvalue weighted by Gasteiger charge is 2.26. The summed E-state index contributed by atoms with van der Waals surface area (Å²) in [6.45, 7) is 1.00. The molecule has 1 atom stereocenters. The first-order valence-corrected chi connectivity index (χ1v) is 8.24. The van der Waals surface area contributed by atoms with E-state index in [0.717, 1.165) is 12.6 Å². The summed E-state index contributed by atoms with van der Waals surface area (Å²) in [7, 11) is 0. The normalized spacial score (nSPS) is 17.6. The Balaban J connectivity index is 1.76. The third-order valence-corrected chi connectivity index (χ3v) is 4.58. The molecular formula is C17H16FN5O3. The molecular weight excluding hydrogens is 341 g/mol. The zero-order chi connectivity index (χ0) is 18.3. The number of anilines is 1. The number of fused-ring (bicyclic) bond motifs is 1. The number of nitrogens with zero attached hydrogens (tertiary/aromatic N) is 4. The third kappa shape index (κ3) is 2.81. The van der Waals surface area contributed by atoms with Crippen LogP contribution in [0, 0.1) is 11.7 Å². The minimum absolute atomic E-state index is 0.338. The Bertz CT molecular complexity index is 1040. The molecule has 1 unspecified atom stereocenters. The molecule has 3 aromatic heterocycles. The fourth-order valence-electron chi connectivity index (χ4n) is 3.27. The van der Waals surface area contributed by atoms with E-state index in [1.54, 1.807) is 12.3 Å². The van der Waals surface area contributed by atoms with E-state index in [1.165, 1.54) is 16.8 Å². The monoisotopic (exact) mass is 357 g/mol. The molecule has 0 amide bonds. The number of aromatic amines is 1. The summed E-state index contributed by atoms with van der Waals surface area (Å²) in [6.07, 6.45) is 4.00. The van der Waals surface area contributed by atoms with Gasteiger partial charge in [0.15, 0.2) is 0 Å². The molecule has 3 aromatic rings. The standard InChI is InChI=1S/C17H16FN5O3/c18-11-6-12-13(8-20-16(12)19-7-11)23-15(24)4-3-14(21-23)22-5-1-2-10(9-22)17(25)26/h3-4,6-8,10H,1-2,5,9H2,(H,19,20)(H,25,26). The second kappa shape index (κ2) is 6.25. The number of aromatic nitrogens is 4. The average molecular weight is 357 g/mol. The Morgan fingerprint density at radius 1 is 1.38 bits per heavy atom. The van der Waals surface area contributed by atoms with Crippen molar-refractivity contribution in [3.8, 4) is 5.69 Å². The summed E-state index contributed by atoms with van der Waals surface area (Å²) in [4.78, 5) is 32.3. The first kappa shape index (κ1) is 16.2. The molecule has 4 rings (SSSR count).